The van der Waals surface area contributed by atoms with Gasteiger partial charge in [0.2, 0.25) is 0 Å². The Morgan fingerprint density at radius 1 is 1.42 bits per heavy atom. The van der Waals surface area contributed by atoms with Crippen molar-refractivity contribution in [2.24, 2.45) is 0 Å². The third-order valence-corrected chi connectivity index (χ3v) is 7.40. The van der Waals surface area contributed by atoms with Gasteiger partial charge in [-0.2, -0.15) is 0 Å². The van der Waals surface area contributed by atoms with Gasteiger partial charge in [-0.3, -0.25) is 0 Å². The minimum atomic E-state index is -1.33. The predicted molar refractivity (Wildman–Crippen MR) is 82.1 cm³/mol. The van der Waals surface area contributed by atoms with E-state index in [0.717, 1.165) is 25.8 Å². The van der Waals surface area contributed by atoms with Gasteiger partial charge in [0.05, 0.1) is 8.07 Å². The molecule has 0 bridgehead atoms. The van der Waals surface area contributed by atoms with E-state index in [-0.39, 0.29) is 6.09 Å². The minimum Gasteiger partial charge on any atom is -0.444 e. The molecule has 0 radical (unpaired) electrons. The van der Waals surface area contributed by atoms with Gasteiger partial charge in [-0.25, -0.2) is 4.79 Å². The van der Waals surface area contributed by atoms with Crippen molar-refractivity contribution in [1.82, 2.24) is 10.2 Å². The van der Waals surface area contributed by atoms with E-state index in [1.165, 1.54) is 12.1 Å². The van der Waals surface area contributed by atoms with Crippen LogP contribution in [0.5, 0.6) is 0 Å². The van der Waals surface area contributed by atoms with Gasteiger partial charge in [0.25, 0.3) is 0 Å². The van der Waals surface area contributed by atoms with Crippen LogP contribution in [-0.2, 0) is 4.74 Å². The Bertz CT molecular complexity index is 318. The molecule has 19 heavy (non-hydrogen) atoms. The highest BCUT2D eigenvalue weighted by molar-refractivity contribution is 6.79. The number of alkyl carbamates (subject to hydrolysis) is 1. The van der Waals surface area contributed by atoms with Gasteiger partial charge >= 0.3 is 6.09 Å². The molecule has 0 atom stereocenters. The largest absolute Gasteiger partial charge is 0.444 e. The summed E-state index contributed by atoms with van der Waals surface area (Å²) < 4.78 is 5.28. The number of amides is 1. The summed E-state index contributed by atoms with van der Waals surface area (Å²) >= 11 is 0. The molecule has 1 saturated heterocycles. The molecule has 1 rings (SSSR count). The van der Waals surface area contributed by atoms with Gasteiger partial charge in [0.1, 0.15) is 5.60 Å². The molecule has 1 N–H and O–H groups in total. The molecule has 1 fully saturated rings. The third kappa shape index (κ3) is 6.25. The van der Waals surface area contributed by atoms with Crippen LogP contribution < -0.4 is 5.32 Å². The van der Waals surface area contributed by atoms with Crippen LogP contribution in [0.3, 0.4) is 0 Å². The van der Waals surface area contributed by atoms with E-state index in [4.69, 9.17) is 4.74 Å². The van der Waals surface area contributed by atoms with Crippen molar-refractivity contribution in [3.8, 4) is 0 Å². The van der Waals surface area contributed by atoms with Crippen molar-refractivity contribution in [2.45, 2.75) is 45.0 Å². The second-order valence-electron chi connectivity index (χ2n) is 6.76. The van der Waals surface area contributed by atoms with Gasteiger partial charge in [0, 0.05) is 12.7 Å². The van der Waals surface area contributed by atoms with Crippen LogP contribution in [0, 0.1) is 0 Å². The number of nitrogens with one attached hydrogen (secondary N) is 1. The minimum absolute atomic E-state index is 0.283. The Kier molecular flexibility index (Phi) is 5.61. The van der Waals surface area contributed by atoms with Gasteiger partial charge < -0.3 is 15.0 Å². The normalized spacial score (nSPS) is 19.8. The van der Waals surface area contributed by atoms with Gasteiger partial charge in [0.15, 0.2) is 0 Å². The molecule has 0 saturated carbocycles. The number of carbonyl (C=O) groups is 1. The van der Waals surface area contributed by atoms with Crippen molar-refractivity contribution in [2.75, 3.05) is 25.8 Å². The lowest BCUT2D eigenvalue weighted by atomic mass is 10.2. The summed E-state index contributed by atoms with van der Waals surface area (Å²) in [5.41, 5.74) is -0.417. The number of hydrogen-bond donors (Lipinski definition) is 1. The predicted octanol–water partition coefficient (Wildman–Crippen LogP) is 2.63. The Morgan fingerprint density at radius 3 is 2.47 bits per heavy atom. The van der Waals surface area contributed by atoms with Gasteiger partial charge in [-0.1, -0.05) is 12.6 Å². The number of nitrogens with zero attached hydrogens (tertiary/aromatic N) is 1. The molecule has 0 aromatic rings. The van der Waals surface area contributed by atoms with E-state index < -0.39 is 13.7 Å². The standard InChI is InChI=1S/C14H28N2O2Si/c1-6-7-16-8-10-19(5,11-9-16)12-15-13(17)18-14(2,3)4/h6H,1,7-12H2,2-5H3,(H,15,17). The van der Waals surface area contributed by atoms with E-state index in [2.05, 4.69) is 23.3 Å². The van der Waals surface area contributed by atoms with Crippen molar-refractivity contribution in [3.05, 3.63) is 12.7 Å². The maximum absolute atomic E-state index is 11.7. The lowest BCUT2D eigenvalue weighted by molar-refractivity contribution is 0.0535. The average Bonchev–Trinajstić information content (AvgIpc) is 2.28. The number of carbonyl (C=O) groups excluding carboxylic acids is 1. The lowest BCUT2D eigenvalue weighted by Gasteiger charge is -2.37. The molecule has 0 aliphatic carbocycles. The van der Waals surface area contributed by atoms with Crippen LogP contribution in [0.15, 0.2) is 12.7 Å². The monoisotopic (exact) mass is 284 g/mol. The second-order valence-corrected chi connectivity index (χ2v) is 11.7. The summed E-state index contributed by atoms with van der Waals surface area (Å²) in [5, 5.41) is 2.96. The van der Waals surface area contributed by atoms with Gasteiger partial charge in [-0.05, 0) is 45.9 Å². The molecular formula is C14H28N2O2Si. The van der Waals surface area contributed by atoms with E-state index in [1.807, 2.05) is 26.8 Å². The maximum Gasteiger partial charge on any atom is 0.407 e. The van der Waals surface area contributed by atoms with E-state index in [9.17, 15) is 4.79 Å². The molecule has 0 unspecified atom stereocenters. The number of hydrogen-bond acceptors (Lipinski definition) is 3. The quantitative estimate of drug-likeness (QED) is 0.637. The smallest absolute Gasteiger partial charge is 0.407 e. The Hall–Kier alpha value is -0.813. The van der Waals surface area contributed by atoms with Crippen LogP contribution in [0.1, 0.15) is 20.8 Å². The zero-order valence-electron chi connectivity index (χ0n) is 12.8. The Morgan fingerprint density at radius 2 is 2.00 bits per heavy atom. The first kappa shape index (κ1) is 16.2. The molecule has 5 heteroatoms. The highest BCUT2D eigenvalue weighted by Gasteiger charge is 2.32. The number of rotatable bonds is 4. The maximum atomic E-state index is 11.7. The summed E-state index contributed by atoms with van der Waals surface area (Å²) in [6.45, 7) is 15.1. The van der Waals surface area contributed by atoms with Crippen molar-refractivity contribution in [3.63, 3.8) is 0 Å². The molecule has 110 valence electrons. The van der Waals surface area contributed by atoms with Gasteiger partial charge in [-0.15, -0.1) is 6.58 Å². The second kappa shape index (κ2) is 6.57. The molecule has 1 aliphatic rings. The van der Waals surface area contributed by atoms with E-state index >= 15 is 0 Å². The van der Waals surface area contributed by atoms with Crippen molar-refractivity contribution < 1.29 is 9.53 Å². The lowest BCUT2D eigenvalue weighted by Crippen LogP contribution is -2.52. The first-order chi connectivity index (χ1) is 8.74. The van der Waals surface area contributed by atoms with Crippen LogP contribution in [-0.4, -0.2) is 50.5 Å². The molecular weight excluding hydrogens is 256 g/mol. The van der Waals surface area contributed by atoms with Crippen LogP contribution in [0.2, 0.25) is 18.6 Å². The molecule has 1 heterocycles. The molecule has 0 aromatic carbocycles. The molecule has 0 spiro atoms. The van der Waals surface area contributed by atoms with Crippen molar-refractivity contribution in [1.29, 1.82) is 0 Å². The van der Waals surface area contributed by atoms with Crippen LogP contribution in [0.4, 0.5) is 4.79 Å². The third-order valence-electron chi connectivity index (χ3n) is 3.51. The van der Waals surface area contributed by atoms with Crippen LogP contribution >= 0.6 is 0 Å². The highest BCUT2D eigenvalue weighted by Crippen LogP contribution is 2.21. The fourth-order valence-electron chi connectivity index (χ4n) is 2.23. The summed E-state index contributed by atoms with van der Waals surface area (Å²) in [6, 6.07) is 2.47. The first-order valence-electron chi connectivity index (χ1n) is 7.04. The Balaban J connectivity index is 2.33. The summed E-state index contributed by atoms with van der Waals surface area (Å²) in [7, 11) is -1.33. The average molecular weight is 284 g/mol. The summed E-state index contributed by atoms with van der Waals surface area (Å²) in [5.74, 6) is 0. The topological polar surface area (TPSA) is 41.6 Å². The van der Waals surface area contributed by atoms with Crippen molar-refractivity contribution >= 4 is 14.2 Å². The molecule has 1 amide bonds. The highest BCUT2D eigenvalue weighted by atomic mass is 28.3. The number of ether oxygens (including phenoxy) is 1. The fourth-order valence-corrected chi connectivity index (χ4v) is 5.12. The SMILES string of the molecule is C=CCN1CC[Si](C)(CNC(=O)OC(C)(C)C)CC1. The Labute approximate surface area is 118 Å². The van der Waals surface area contributed by atoms with E-state index in [1.54, 1.807) is 0 Å². The zero-order chi connectivity index (χ0) is 14.5. The first-order valence-corrected chi connectivity index (χ1v) is 10.2. The fraction of sp³-hybridized carbons (Fsp3) is 0.786. The molecule has 0 aromatic heterocycles. The zero-order valence-corrected chi connectivity index (χ0v) is 13.8. The summed E-state index contributed by atoms with van der Waals surface area (Å²) in [6.07, 6.45) is 2.50. The molecule has 1 aliphatic heterocycles. The summed E-state index contributed by atoms with van der Waals surface area (Å²) in [4.78, 5) is 14.1. The van der Waals surface area contributed by atoms with E-state index in [0.29, 0.717) is 0 Å². The van der Waals surface area contributed by atoms with Crippen LogP contribution in [0.25, 0.3) is 0 Å². The molecule has 4 nitrogen and oxygen atoms in total.